The number of nitro groups is 1. The van der Waals surface area contributed by atoms with E-state index >= 15 is 0 Å². The molecule has 0 aliphatic carbocycles. The second-order valence-corrected chi connectivity index (χ2v) is 4.79. The molecule has 0 saturated heterocycles. The maximum absolute atomic E-state index is 11.4. The predicted molar refractivity (Wildman–Crippen MR) is 79.8 cm³/mol. The number of carbonyl (C=O) groups is 1. The second-order valence-electron chi connectivity index (χ2n) is 3.94. The zero-order valence-corrected chi connectivity index (χ0v) is 12.3. The van der Waals surface area contributed by atoms with Crippen LogP contribution in [0, 0.1) is 17.0 Å². The Morgan fingerprint density at radius 2 is 1.95 bits per heavy atom. The number of aryl methyl sites for hydroxylation is 1. The molecule has 106 valence electrons. The molecule has 0 aromatic heterocycles. The first kappa shape index (κ1) is 16.0. The van der Waals surface area contributed by atoms with Crippen molar-refractivity contribution in [2.24, 2.45) is 0 Å². The number of hydrogen-bond donors (Lipinski definition) is 0. The highest BCUT2D eigenvalue weighted by atomic mass is 32.2. The molecule has 0 amide bonds. The number of thioether (sulfide) groups is 1. The molecule has 0 aliphatic heterocycles. The number of carbonyl (C=O) groups excluding carboxylic acids is 1. The molecule has 0 unspecified atom stereocenters. The molecular formula is C14H15NO4S. The third kappa shape index (κ3) is 4.55. The Bertz CT molecular complexity index is 561. The number of hydrogen-bond acceptors (Lipinski definition) is 5. The largest absolute Gasteiger partial charge is 0.465 e. The minimum atomic E-state index is -0.589. The van der Waals surface area contributed by atoms with E-state index in [1.807, 2.05) is 19.1 Å². The summed E-state index contributed by atoms with van der Waals surface area (Å²) in [6, 6.07) is 7.29. The maximum Gasteiger partial charge on any atom is 0.344 e. The van der Waals surface area contributed by atoms with Crippen LogP contribution in [0.25, 0.3) is 6.08 Å². The van der Waals surface area contributed by atoms with E-state index in [2.05, 4.69) is 4.74 Å². The molecule has 6 heteroatoms. The van der Waals surface area contributed by atoms with Crippen LogP contribution >= 0.6 is 11.8 Å². The first-order valence-electron chi connectivity index (χ1n) is 5.74. The Hall–Kier alpha value is -2.08. The normalized spacial score (nSPS) is 12.2. The summed E-state index contributed by atoms with van der Waals surface area (Å²) in [4.78, 5) is 22.2. The zero-order valence-electron chi connectivity index (χ0n) is 11.5. The van der Waals surface area contributed by atoms with Gasteiger partial charge in [-0.1, -0.05) is 29.8 Å². The Balaban J connectivity index is 3.17. The van der Waals surface area contributed by atoms with Crippen molar-refractivity contribution < 1.29 is 14.5 Å². The van der Waals surface area contributed by atoms with Crippen LogP contribution in [0.4, 0.5) is 0 Å². The van der Waals surface area contributed by atoms with Crippen LogP contribution in [0.1, 0.15) is 11.1 Å². The molecule has 5 nitrogen and oxygen atoms in total. The van der Waals surface area contributed by atoms with Gasteiger partial charge in [0.1, 0.15) is 0 Å². The van der Waals surface area contributed by atoms with Crippen molar-refractivity contribution in [2.75, 3.05) is 13.4 Å². The number of nitrogens with zero attached hydrogens (tertiary/aromatic N) is 1. The molecule has 0 heterocycles. The SMILES string of the molecule is COC(=O)/C(=C/C(=C\c1ccc(C)cc1)[N+](=O)[O-])SC. The summed E-state index contributed by atoms with van der Waals surface area (Å²) in [6.45, 7) is 1.94. The van der Waals surface area contributed by atoms with Crippen LogP contribution < -0.4 is 0 Å². The average molecular weight is 293 g/mol. The van der Waals surface area contributed by atoms with Gasteiger partial charge in [-0.25, -0.2) is 4.79 Å². The Morgan fingerprint density at radius 1 is 1.35 bits per heavy atom. The number of esters is 1. The van der Waals surface area contributed by atoms with Crippen LogP contribution in [0.3, 0.4) is 0 Å². The zero-order chi connectivity index (χ0) is 15.1. The molecule has 1 aromatic carbocycles. The first-order valence-corrected chi connectivity index (χ1v) is 6.97. The Kier molecular flexibility index (Phi) is 5.99. The molecule has 20 heavy (non-hydrogen) atoms. The number of rotatable bonds is 5. The van der Waals surface area contributed by atoms with Crippen LogP contribution in [0.2, 0.25) is 0 Å². The summed E-state index contributed by atoms with van der Waals surface area (Å²) in [6.07, 6.45) is 4.29. The molecule has 1 aromatic rings. The van der Waals surface area contributed by atoms with E-state index in [1.54, 1.807) is 18.4 Å². The minimum Gasteiger partial charge on any atom is -0.465 e. The number of ether oxygens (including phenoxy) is 1. The van der Waals surface area contributed by atoms with Crippen molar-refractivity contribution in [3.8, 4) is 0 Å². The van der Waals surface area contributed by atoms with E-state index in [-0.39, 0.29) is 10.6 Å². The highest BCUT2D eigenvalue weighted by Crippen LogP contribution is 2.18. The second kappa shape index (κ2) is 7.49. The summed E-state index contributed by atoms with van der Waals surface area (Å²) < 4.78 is 4.57. The molecular weight excluding hydrogens is 278 g/mol. The van der Waals surface area contributed by atoms with Crippen LogP contribution in [-0.2, 0) is 9.53 Å². The fourth-order valence-electron chi connectivity index (χ4n) is 1.42. The molecule has 0 atom stereocenters. The molecule has 0 spiro atoms. The number of allylic oxidation sites excluding steroid dienone is 1. The van der Waals surface area contributed by atoms with E-state index in [9.17, 15) is 14.9 Å². The van der Waals surface area contributed by atoms with E-state index in [1.165, 1.54) is 19.3 Å². The third-order valence-electron chi connectivity index (χ3n) is 2.49. The number of methoxy groups -OCH3 is 1. The van der Waals surface area contributed by atoms with Crippen molar-refractivity contribution in [3.05, 3.63) is 62.2 Å². The molecule has 0 radical (unpaired) electrons. The quantitative estimate of drug-likeness (QED) is 0.274. The summed E-state index contributed by atoms with van der Waals surface area (Å²) >= 11 is 1.10. The van der Waals surface area contributed by atoms with Gasteiger partial charge in [0.25, 0.3) is 5.70 Å². The van der Waals surface area contributed by atoms with E-state index in [0.29, 0.717) is 5.56 Å². The van der Waals surface area contributed by atoms with E-state index in [4.69, 9.17) is 0 Å². The monoisotopic (exact) mass is 293 g/mol. The van der Waals surface area contributed by atoms with Gasteiger partial charge >= 0.3 is 5.97 Å². The van der Waals surface area contributed by atoms with Gasteiger partial charge in [-0.05, 0) is 18.7 Å². The number of benzene rings is 1. The lowest BCUT2D eigenvalue weighted by Crippen LogP contribution is -2.04. The summed E-state index contributed by atoms with van der Waals surface area (Å²) in [5, 5.41) is 11.1. The molecule has 0 bridgehead atoms. The average Bonchev–Trinajstić information content (AvgIpc) is 2.44. The fourth-order valence-corrected chi connectivity index (χ4v) is 1.91. The maximum atomic E-state index is 11.4. The van der Waals surface area contributed by atoms with Gasteiger partial charge in [-0.15, -0.1) is 11.8 Å². The molecule has 0 N–H and O–H groups in total. The Morgan fingerprint density at radius 3 is 2.40 bits per heavy atom. The predicted octanol–water partition coefficient (Wildman–Crippen LogP) is 3.03. The highest BCUT2D eigenvalue weighted by Gasteiger charge is 2.15. The van der Waals surface area contributed by atoms with Crippen molar-refractivity contribution in [2.45, 2.75) is 6.92 Å². The van der Waals surface area contributed by atoms with Gasteiger partial charge in [-0.2, -0.15) is 0 Å². The van der Waals surface area contributed by atoms with Gasteiger partial charge in [0.15, 0.2) is 0 Å². The van der Waals surface area contributed by atoms with Crippen molar-refractivity contribution in [3.63, 3.8) is 0 Å². The minimum absolute atomic E-state index is 0.163. The van der Waals surface area contributed by atoms with Crippen molar-refractivity contribution in [1.29, 1.82) is 0 Å². The van der Waals surface area contributed by atoms with Crippen LogP contribution in [0.5, 0.6) is 0 Å². The lowest BCUT2D eigenvalue weighted by molar-refractivity contribution is -0.417. The fraction of sp³-hybridized carbons (Fsp3) is 0.214. The van der Waals surface area contributed by atoms with Gasteiger partial charge < -0.3 is 4.74 Å². The third-order valence-corrected chi connectivity index (χ3v) is 3.21. The van der Waals surface area contributed by atoms with Crippen molar-refractivity contribution in [1.82, 2.24) is 0 Å². The van der Waals surface area contributed by atoms with E-state index in [0.717, 1.165) is 17.3 Å². The molecule has 1 rings (SSSR count). The van der Waals surface area contributed by atoms with Crippen molar-refractivity contribution >= 4 is 23.8 Å². The van der Waals surface area contributed by atoms with Gasteiger partial charge in [0, 0.05) is 12.2 Å². The van der Waals surface area contributed by atoms with Gasteiger partial charge in [0.2, 0.25) is 0 Å². The lowest BCUT2D eigenvalue weighted by Gasteiger charge is -2.01. The highest BCUT2D eigenvalue weighted by molar-refractivity contribution is 8.03. The summed E-state index contributed by atoms with van der Waals surface area (Å²) in [5.41, 5.74) is 1.60. The van der Waals surface area contributed by atoms with Gasteiger partial charge in [-0.3, -0.25) is 10.1 Å². The van der Waals surface area contributed by atoms with E-state index < -0.39 is 10.9 Å². The topological polar surface area (TPSA) is 69.4 Å². The molecule has 0 saturated carbocycles. The standard InChI is InChI=1S/C14H15NO4S/c1-10-4-6-11(7-5-10)8-12(15(17)18)9-13(20-3)14(16)19-2/h4-9H,1-3H3/b12-8+,13-9-. The molecule has 0 fully saturated rings. The van der Waals surface area contributed by atoms with Crippen LogP contribution in [0.15, 0.2) is 40.9 Å². The van der Waals surface area contributed by atoms with Crippen LogP contribution in [-0.4, -0.2) is 24.3 Å². The lowest BCUT2D eigenvalue weighted by atomic mass is 10.1. The smallest absolute Gasteiger partial charge is 0.344 e. The summed E-state index contributed by atoms with van der Waals surface area (Å²) in [5.74, 6) is -0.589. The van der Waals surface area contributed by atoms with Gasteiger partial charge in [0.05, 0.1) is 16.9 Å². The summed E-state index contributed by atoms with van der Waals surface area (Å²) in [7, 11) is 1.24. The molecule has 0 aliphatic rings. The Labute approximate surface area is 121 Å². The first-order chi connectivity index (χ1) is 9.47.